The van der Waals surface area contributed by atoms with Gasteiger partial charge in [-0.15, -0.1) is 0 Å². The zero-order valence-electron chi connectivity index (χ0n) is 15.3. The molecule has 2 aromatic rings. The number of benzene rings is 2. The molecule has 0 fully saturated rings. The van der Waals surface area contributed by atoms with E-state index in [-0.39, 0.29) is 16.4 Å². The Morgan fingerprint density at radius 2 is 1.67 bits per heavy atom. The molecule has 2 rings (SSSR count). The van der Waals surface area contributed by atoms with Crippen molar-refractivity contribution in [2.45, 2.75) is 24.8 Å². The van der Waals surface area contributed by atoms with E-state index in [1.807, 2.05) is 0 Å². The highest BCUT2D eigenvalue weighted by Crippen LogP contribution is 2.22. The molecule has 0 aliphatic rings. The van der Waals surface area contributed by atoms with Gasteiger partial charge in [0.15, 0.2) is 0 Å². The fourth-order valence-corrected chi connectivity index (χ4v) is 3.71. The summed E-state index contributed by atoms with van der Waals surface area (Å²) >= 11 is 0. The molecule has 7 nitrogen and oxygen atoms in total. The van der Waals surface area contributed by atoms with Crippen molar-refractivity contribution >= 4 is 27.6 Å². The zero-order chi connectivity index (χ0) is 20.2. The Hall–Kier alpha value is -2.87. The van der Waals surface area contributed by atoms with Gasteiger partial charge >= 0.3 is 5.97 Å². The van der Waals surface area contributed by atoms with Crippen LogP contribution in [0.15, 0.2) is 59.5 Å². The van der Waals surface area contributed by atoms with Gasteiger partial charge in [-0.25, -0.2) is 13.2 Å². The van der Waals surface area contributed by atoms with Gasteiger partial charge in [0.05, 0.1) is 10.6 Å². The molecule has 0 saturated carbocycles. The fraction of sp³-hybridized carbons (Fsp3) is 0.263. The van der Waals surface area contributed by atoms with Gasteiger partial charge < -0.3 is 10.4 Å². The predicted octanol–water partition coefficient (Wildman–Crippen LogP) is 2.35. The number of carbonyl (C=O) groups excluding carboxylic acids is 1. The number of carboxylic acid groups (broad SMARTS) is 1. The number of carboxylic acids is 1. The average molecular weight is 390 g/mol. The van der Waals surface area contributed by atoms with Crippen molar-refractivity contribution in [1.29, 1.82) is 0 Å². The number of hydrogen-bond acceptors (Lipinski definition) is 4. The number of para-hydroxylation sites is 1. The highest BCUT2D eigenvalue weighted by atomic mass is 32.2. The first-order chi connectivity index (χ1) is 12.6. The quantitative estimate of drug-likeness (QED) is 0.755. The van der Waals surface area contributed by atoms with Crippen molar-refractivity contribution in [2.24, 2.45) is 5.92 Å². The molecule has 0 radical (unpaired) electrons. The minimum absolute atomic E-state index is 0.0575. The van der Waals surface area contributed by atoms with Crippen LogP contribution in [0.1, 0.15) is 24.2 Å². The molecular formula is C19H22N2O5S. The number of nitrogens with zero attached hydrogens (tertiary/aromatic N) is 1. The number of carbonyl (C=O) groups is 2. The molecule has 2 aromatic carbocycles. The lowest BCUT2D eigenvalue weighted by Gasteiger charge is -2.20. The minimum atomic E-state index is -3.87. The van der Waals surface area contributed by atoms with Gasteiger partial charge in [-0.2, -0.15) is 0 Å². The van der Waals surface area contributed by atoms with E-state index < -0.39 is 27.9 Å². The standard InChI is InChI=1S/C19H22N2O5S/c1-13(2)17(19(23)24)20-18(22)14-8-7-11-16(12-14)27(25,26)21(3)15-9-5-4-6-10-15/h4-13,17H,1-3H3,(H,20,22)(H,23,24). The molecule has 0 bridgehead atoms. The van der Waals surface area contributed by atoms with Crippen LogP contribution in [0.2, 0.25) is 0 Å². The lowest BCUT2D eigenvalue weighted by atomic mass is 10.0. The second kappa shape index (κ2) is 8.22. The minimum Gasteiger partial charge on any atom is -0.480 e. The highest BCUT2D eigenvalue weighted by Gasteiger charge is 2.26. The molecule has 1 unspecified atom stereocenters. The van der Waals surface area contributed by atoms with E-state index >= 15 is 0 Å². The third kappa shape index (κ3) is 4.65. The first-order valence-electron chi connectivity index (χ1n) is 8.32. The molecule has 0 spiro atoms. The van der Waals surface area contributed by atoms with Gasteiger partial charge in [0.1, 0.15) is 6.04 Å². The van der Waals surface area contributed by atoms with E-state index in [1.165, 1.54) is 31.3 Å². The van der Waals surface area contributed by atoms with Crippen LogP contribution < -0.4 is 9.62 Å². The van der Waals surface area contributed by atoms with Crippen LogP contribution in [0.5, 0.6) is 0 Å². The molecule has 0 saturated heterocycles. The van der Waals surface area contributed by atoms with Crippen LogP contribution in [-0.2, 0) is 14.8 Å². The third-order valence-corrected chi connectivity index (χ3v) is 5.88. The Kier molecular flexibility index (Phi) is 6.22. The maximum Gasteiger partial charge on any atom is 0.326 e. The number of anilines is 1. The van der Waals surface area contributed by atoms with Gasteiger partial charge in [-0.1, -0.05) is 38.1 Å². The van der Waals surface area contributed by atoms with Gasteiger partial charge in [0, 0.05) is 12.6 Å². The van der Waals surface area contributed by atoms with Crippen LogP contribution in [0.4, 0.5) is 5.69 Å². The van der Waals surface area contributed by atoms with E-state index in [9.17, 15) is 23.1 Å². The van der Waals surface area contributed by atoms with Gasteiger partial charge in [-0.05, 0) is 36.2 Å². The summed E-state index contributed by atoms with van der Waals surface area (Å²) in [7, 11) is -2.44. The Morgan fingerprint density at radius 3 is 2.22 bits per heavy atom. The van der Waals surface area contributed by atoms with Crippen molar-refractivity contribution < 1.29 is 23.1 Å². The lowest BCUT2D eigenvalue weighted by molar-refractivity contribution is -0.140. The number of aliphatic carboxylic acids is 1. The molecule has 0 heterocycles. The molecular weight excluding hydrogens is 368 g/mol. The monoisotopic (exact) mass is 390 g/mol. The molecule has 2 N–H and O–H groups in total. The number of amides is 1. The fourth-order valence-electron chi connectivity index (χ4n) is 2.47. The van der Waals surface area contributed by atoms with Gasteiger partial charge in [0.2, 0.25) is 0 Å². The SMILES string of the molecule is CC(C)C(NC(=O)c1cccc(S(=O)(=O)N(C)c2ccccc2)c1)C(=O)O. The van der Waals surface area contributed by atoms with E-state index in [0.717, 1.165) is 4.31 Å². The average Bonchev–Trinajstić information content (AvgIpc) is 2.65. The first-order valence-corrected chi connectivity index (χ1v) is 9.76. The summed E-state index contributed by atoms with van der Waals surface area (Å²) in [5, 5.41) is 11.6. The van der Waals surface area contributed by atoms with Crippen molar-refractivity contribution in [3.05, 3.63) is 60.2 Å². The van der Waals surface area contributed by atoms with Crippen LogP contribution in [0.25, 0.3) is 0 Å². The zero-order valence-corrected chi connectivity index (χ0v) is 16.1. The summed E-state index contributed by atoms with van der Waals surface area (Å²) < 4.78 is 26.8. The smallest absolute Gasteiger partial charge is 0.326 e. The number of rotatable bonds is 7. The molecule has 27 heavy (non-hydrogen) atoms. The summed E-state index contributed by atoms with van der Waals surface area (Å²) in [5.41, 5.74) is 0.558. The van der Waals surface area contributed by atoms with Crippen LogP contribution in [-0.4, -0.2) is 38.5 Å². The summed E-state index contributed by atoms with van der Waals surface area (Å²) in [6, 6.07) is 13.0. The van der Waals surface area contributed by atoms with Crippen molar-refractivity contribution in [3.8, 4) is 0 Å². The van der Waals surface area contributed by atoms with Crippen LogP contribution >= 0.6 is 0 Å². The normalized spacial score (nSPS) is 12.4. The predicted molar refractivity (Wildman–Crippen MR) is 102 cm³/mol. The molecule has 1 atom stereocenters. The van der Waals surface area contributed by atoms with E-state index in [4.69, 9.17) is 0 Å². The maximum absolute atomic E-state index is 12.8. The first kappa shape index (κ1) is 20.4. The summed E-state index contributed by atoms with van der Waals surface area (Å²) in [4.78, 5) is 23.6. The largest absolute Gasteiger partial charge is 0.480 e. The third-order valence-electron chi connectivity index (χ3n) is 4.09. The van der Waals surface area contributed by atoms with Gasteiger partial charge in [0.25, 0.3) is 15.9 Å². The van der Waals surface area contributed by atoms with Crippen molar-refractivity contribution in [1.82, 2.24) is 5.32 Å². The Labute approximate surface area is 158 Å². The highest BCUT2D eigenvalue weighted by molar-refractivity contribution is 7.92. The summed E-state index contributed by atoms with van der Waals surface area (Å²) in [6.07, 6.45) is 0. The molecule has 0 aliphatic carbocycles. The van der Waals surface area contributed by atoms with Crippen LogP contribution in [0, 0.1) is 5.92 Å². The van der Waals surface area contributed by atoms with Crippen molar-refractivity contribution in [2.75, 3.05) is 11.4 Å². The molecule has 1 amide bonds. The summed E-state index contributed by atoms with van der Waals surface area (Å²) in [6.45, 7) is 3.35. The maximum atomic E-state index is 12.8. The molecule has 144 valence electrons. The number of hydrogen-bond donors (Lipinski definition) is 2. The Morgan fingerprint density at radius 1 is 1.04 bits per heavy atom. The second-order valence-electron chi connectivity index (χ2n) is 6.37. The topological polar surface area (TPSA) is 104 Å². The van der Waals surface area contributed by atoms with E-state index in [2.05, 4.69) is 5.32 Å². The lowest BCUT2D eigenvalue weighted by Crippen LogP contribution is -2.44. The molecule has 0 aliphatic heterocycles. The Balaban J connectivity index is 2.31. The van der Waals surface area contributed by atoms with E-state index in [1.54, 1.807) is 44.2 Å². The number of sulfonamides is 1. The van der Waals surface area contributed by atoms with Crippen LogP contribution in [0.3, 0.4) is 0 Å². The molecule has 8 heteroatoms. The van der Waals surface area contributed by atoms with Gasteiger partial charge in [-0.3, -0.25) is 9.10 Å². The van der Waals surface area contributed by atoms with Crippen molar-refractivity contribution in [3.63, 3.8) is 0 Å². The second-order valence-corrected chi connectivity index (χ2v) is 8.34. The van der Waals surface area contributed by atoms with E-state index in [0.29, 0.717) is 5.69 Å². The summed E-state index contributed by atoms with van der Waals surface area (Å²) in [5.74, 6) is -2.11. The molecule has 0 aromatic heterocycles. The Bertz CT molecular complexity index is 926. The number of nitrogens with one attached hydrogen (secondary N) is 1.